The van der Waals surface area contributed by atoms with Crippen LogP contribution in [-0.4, -0.2) is 23.9 Å². The molecule has 6 heteroatoms. The highest BCUT2D eigenvalue weighted by Crippen LogP contribution is 2.39. The highest BCUT2D eigenvalue weighted by Gasteiger charge is 2.29. The summed E-state index contributed by atoms with van der Waals surface area (Å²) < 4.78 is 0. The van der Waals surface area contributed by atoms with E-state index in [0.29, 0.717) is 18.2 Å². The molecular weight excluding hydrogens is 338 g/mol. The number of carbonyl (C=O) groups excluding carboxylic acids is 1. The molecule has 2 aliphatic rings. The van der Waals surface area contributed by atoms with Crippen LogP contribution in [-0.2, 0) is 17.6 Å². The maximum Gasteiger partial charge on any atom is 0.239 e. The average molecular weight is 358 g/mol. The van der Waals surface area contributed by atoms with Gasteiger partial charge in [-0.15, -0.1) is 22.7 Å². The first-order valence-electron chi connectivity index (χ1n) is 8.38. The first kappa shape index (κ1) is 15.8. The second-order valence-electron chi connectivity index (χ2n) is 6.37. The summed E-state index contributed by atoms with van der Waals surface area (Å²) in [5.41, 5.74) is 1.85. The van der Waals surface area contributed by atoms with Gasteiger partial charge in [0, 0.05) is 15.8 Å². The molecule has 24 heavy (non-hydrogen) atoms. The van der Waals surface area contributed by atoms with Crippen molar-refractivity contribution in [3.63, 3.8) is 0 Å². The van der Waals surface area contributed by atoms with E-state index in [-0.39, 0.29) is 5.91 Å². The summed E-state index contributed by atoms with van der Waals surface area (Å²) in [5, 5.41) is 15.3. The number of rotatable bonds is 4. The van der Waals surface area contributed by atoms with Gasteiger partial charge in [0.25, 0.3) is 0 Å². The van der Waals surface area contributed by atoms with E-state index < -0.39 is 0 Å². The molecule has 1 saturated heterocycles. The lowest BCUT2D eigenvalue weighted by Crippen LogP contribution is -2.32. The predicted octanol–water partition coefficient (Wildman–Crippen LogP) is 3.95. The number of anilines is 1. The lowest BCUT2D eigenvalue weighted by atomic mass is 10.1. The molecule has 0 spiro atoms. The topological polar surface area (TPSA) is 56.1 Å². The molecular formula is C18H19N3OS2. The van der Waals surface area contributed by atoms with Crippen LogP contribution in [0.1, 0.15) is 46.2 Å². The van der Waals surface area contributed by atoms with Crippen molar-refractivity contribution >= 4 is 33.6 Å². The van der Waals surface area contributed by atoms with Gasteiger partial charge in [0.15, 0.2) is 0 Å². The van der Waals surface area contributed by atoms with Gasteiger partial charge in [0.05, 0.1) is 12.1 Å². The first-order chi connectivity index (χ1) is 11.8. The summed E-state index contributed by atoms with van der Waals surface area (Å²) in [7, 11) is 0. The Hall–Kier alpha value is -1.68. The predicted molar refractivity (Wildman–Crippen MR) is 97.6 cm³/mol. The largest absolute Gasteiger partial charge is 0.315 e. The van der Waals surface area contributed by atoms with Gasteiger partial charge < -0.3 is 5.32 Å². The van der Waals surface area contributed by atoms with E-state index in [0.717, 1.165) is 49.2 Å². The third kappa shape index (κ3) is 2.88. The second kappa shape index (κ2) is 6.67. The number of hydrogen-bond acceptors (Lipinski definition) is 5. The molecule has 1 amide bonds. The van der Waals surface area contributed by atoms with Gasteiger partial charge in [-0.25, -0.2) is 0 Å². The number of nitriles is 1. The van der Waals surface area contributed by atoms with Crippen molar-refractivity contribution in [2.75, 3.05) is 18.4 Å². The van der Waals surface area contributed by atoms with Crippen LogP contribution in [0.2, 0.25) is 0 Å². The molecule has 2 aromatic rings. The smallest absolute Gasteiger partial charge is 0.239 e. The lowest BCUT2D eigenvalue weighted by Gasteiger charge is -2.22. The summed E-state index contributed by atoms with van der Waals surface area (Å²) in [6.07, 6.45) is 5.38. The van der Waals surface area contributed by atoms with Crippen molar-refractivity contribution in [3.8, 4) is 6.07 Å². The second-order valence-corrected chi connectivity index (χ2v) is 8.45. The standard InChI is InChI=1S/C18H19N3OS2/c19-10-13-12-4-1-6-15(12)24-18(13)20-17(22)11-21-8-2-5-14(21)16-7-3-9-23-16/h3,7,9,14H,1-2,4-6,8,11H2,(H,20,22). The zero-order chi connectivity index (χ0) is 16.5. The SMILES string of the molecule is N#Cc1c(NC(=O)CN2CCCC2c2cccs2)sc2c1CCC2. The van der Waals surface area contributed by atoms with E-state index in [1.807, 2.05) is 0 Å². The molecule has 1 fully saturated rings. The number of carbonyl (C=O) groups is 1. The normalized spacial score (nSPS) is 20.0. The molecule has 0 radical (unpaired) electrons. The molecule has 124 valence electrons. The number of thiophene rings is 2. The maximum absolute atomic E-state index is 12.5. The Bertz CT molecular complexity index is 788. The zero-order valence-electron chi connectivity index (χ0n) is 13.4. The van der Waals surface area contributed by atoms with Crippen LogP contribution in [0, 0.1) is 11.3 Å². The summed E-state index contributed by atoms with van der Waals surface area (Å²) in [5.74, 6) is -0.00474. The van der Waals surface area contributed by atoms with Gasteiger partial charge in [0.2, 0.25) is 5.91 Å². The Morgan fingerprint density at radius 3 is 3.12 bits per heavy atom. The summed E-state index contributed by atoms with van der Waals surface area (Å²) in [6.45, 7) is 1.36. The lowest BCUT2D eigenvalue weighted by molar-refractivity contribution is -0.117. The Morgan fingerprint density at radius 1 is 1.42 bits per heavy atom. The Kier molecular flexibility index (Phi) is 4.40. The van der Waals surface area contributed by atoms with E-state index in [2.05, 4.69) is 33.8 Å². The molecule has 4 nitrogen and oxygen atoms in total. The van der Waals surface area contributed by atoms with E-state index >= 15 is 0 Å². The number of fused-ring (bicyclic) bond motifs is 1. The number of nitrogens with zero attached hydrogens (tertiary/aromatic N) is 2. The summed E-state index contributed by atoms with van der Waals surface area (Å²) in [4.78, 5) is 17.4. The van der Waals surface area contributed by atoms with Crippen molar-refractivity contribution in [1.82, 2.24) is 4.90 Å². The summed E-state index contributed by atoms with van der Waals surface area (Å²) >= 11 is 3.35. The molecule has 3 heterocycles. The van der Waals surface area contributed by atoms with Crippen LogP contribution >= 0.6 is 22.7 Å². The fraction of sp³-hybridized carbons (Fsp3) is 0.444. The number of likely N-dealkylation sites (tertiary alicyclic amines) is 1. The molecule has 0 saturated carbocycles. The molecule has 1 unspecified atom stereocenters. The molecule has 0 bridgehead atoms. The number of aryl methyl sites for hydroxylation is 1. The highest BCUT2D eigenvalue weighted by molar-refractivity contribution is 7.16. The molecule has 1 N–H and O–H groups in total. The molecule has 2 aromatic heterocycles. The van der Waals surface area contributed by atoms with E-state index in [1.165, 1.54) is 9.75 Å². The van der Waals surface area contributed by atoms with Gasteiger partial charge in [-0.1, -0.05) is 6.07 Å². The zero-order valence-corrected chi connectivity index (χ0v) is 15.0. The van der Waals surface area contributed by atoms with E-state index in [9.17, 15) is 10.1 Å². The molecule has 1 atom stereocenters. The molecule has 0 aromatic carbocycles. The van der Waals surface area contributed by atoms with Crippen LogP contribution in [0.5, 0.6) is 0 Å². The van der Waals surface area contributed by atoms with Crippen molar-refractivity contribution in [1.29, 1.82) is 5.26 Å². The Balaban J connectivity index is 1.45. The Morgan fingerprint density at radius 2 is 2.33 bits per heavy atom. The third-order valence-corrected chi connectivity index (χ3v) is 7.05. The van der Waals surface area contributed by atoms with Crippen LogP contribution < -0.4 is 5.32 Å². The summed E-state index contributed by atoms with van der Waals surface area (Å²) in [6, 6.07) is 6.88. The van der Waals surface area contributed by atoms with Crippen molar-refractivity contribution in [2.24, 2.45) is 0 Å². The minimum Gasteiger partial charge on any atom is -0.315 e. The fourth-order valence-electron chi connectivity index (χ4n) is 3.78. The van der Waals surface area contributed by atoms with E-state index in [4.69, 9.17) is 0 Å². The first-order valence-corrected chi connectivity index (χ1v) is 10.1. The highest BCUT2D eigenvalue weighted by atomic mass is 32.1. The average Bonchev–Trinajstić information content (AvgIpc) is 3.31. The van der Waals surface area contributed by atoms with Crippen LogP contribution in [0.4, 0.5) is 5.00 Å². The van der Waals surface area contributed by atoms with Gasteiger partial charge in [-0.05, 0) is 55.7 Å². The molecule has 4 rings (SSSR count). The maximum atomic E-state index is 12.5. The minimum absolute atomic E-state index is 0.00474. The van der Waals surface area contributed by atoms with Crippen molar-refractivity contribution < 1.29 is 4.79 Å². The van der Waals surface area contributed by atoms with Crippen molar-refractivity contribution in [2.45, 2.75) is 38.1 Å². The molecule has 1 aliphatic heterocycles. The van der Waals surface area contributed by atoms with E-state index in [1.54, 1.807) is 22.7 Å². The Labute approximate surface area is 149 Å². The van der Waals surface area contributed by atoms with Gasteiger partial charge in [-0.3, -0.25) is 9.69 Å². The quantitative estimate of drug-likeness (QED) is 0.901. The van der Waals surface area contributed by atoms with Crippen LogP contribution in [0.25, 0.3) is 0 Å². The van der Waals surface area contributed by atoms with Crippen LogP contribution in [0.3, 0.4) is 0 Å². The van der Waals surface area contributed by atoms with Gasteiger partial charge >= 0.3 is 0 Å². The number of hydrogen-bond donors (Lipinski definition) is 1. The van der Waals surface area contributed by atoms with Crippen molar-refractivity contribution in [3.05, 3.63) is 38.4 Å². The fourth-order valence-corrected chi connectivity index (χ4v) is 5.93. The number of nitrogens with one attached hydrogen (secondary N) is 1. The third-order valence-electron chi connectivity index (χ3n) is 4.87. The minimum atomic E-state index is -0.00474. The van der Waals surface area contributed by atoms with Gasteiger partial charge in [0.1, 0.15) is 11.1 Å². The monoisotopic (exact) mass is 357 g/mol. The molecule has 1 aliphatic carbocycles. The van der Waals surface area contributed by atoms with Crippen LogP contribution in [0.15, 0.2) is 17.5 Å². The number of amides is 1. The van der Waals surface area contributed by atoms with Gasteiger partial charge in [-0.2, -0.15) is 5.26 Å².